The minimum Gasteiger partial charge on any atom is -0.103 e. The Bertz CT molecular complexity index is 62.4. The third-order valence-corrected chi connectivity index (χ3v) is 1.51. The Morgan fingerprint density at radius 3 is 2.12 bits per heavy atom. The van der Waals surface area contributed by atoms with E-state index in [-0.39, 0.29) is 0 Å². The van der Waals surface area contributed by atoms with E-state index in [2.05, 4.69) is 27.4 Å². The summed E-state index contributed by atoms with van der Waals surface area (Å²) >= 11 is 0. The third-order valence-electron chi connectivity index (χ3n) is 1.51. The van der Waals surface area contributed by atoms with Gasteiger partial charge < -0.3 is 0 Å². The van der Waals surface area contributed by atoms with Crippen LogP contribution >= 0.6 is 0 Å². The zero-order chi connectivity index (χ0) is 6.57. The first-order valence-corrected chi connectivity index (χ1v) is 3.12. The Hall–Kier alpha value is -0.260. The van der Waals surface area contributed by atoms with Crippen LogP contribution in [0.3, 0.4) is 0 Å². The maximum atomic E-state index is 3.91. The summed E-state index contributed by atoms with van der Waals surface area (Å²) < 4.78 is 0. The van der Waals surface area contributed by atoms with Gasteiger partial charge in [0.05, 0.1) is 0 Å². The molecule has 0 saturated carbocycles. The van der Waals surface area contributed by atoms with Gasteiger partial charge in [0.25, 0.3) is 0 Å². The summed E-state index contributed by atoms with van der Waals surface area (Å²) in [5.74, 6) is 1.24. The summed E-state index contributed by atoms with van der Waals surface area (Å²) in [6, 6.07) is 0. The third kappa shape index (κ3) is 2.84. The molecule has 0 aromatic rings. The first-order chi connectivity index (χ1) is 3.68. The van der Waals surface area contributed by atoms with Crippen molar-refractivity contribution >= 4 is 0 Å². The topological polar surface area (TPSA) is 0 Å². The van der Waals surface area contributed by atoms with Crippen LogP contribution in [0.5, 0.6) is 0 Å². The molecule has 8 heavy (non-hydrogen) atoms. The number of hydrogen-bond acceptors (Lipinski definition) is 0. The van der Waals surface area contributed by atoms with E-state index < -0.39 is 0 Å². The van der Waals surface area contributed by atoms with Gasteiger partial charge >= 0.3 is 0 Å². The largest absolute Gasteiger partial charge is 0.103 e. The molecule has 0 amide bonds. The van der Waals surface area contributed by atoms with Crippen molar-refractivity contribution < 1.29 is 0 Å². The van der Waals surface area contributed by atoms with Crippen LogP contribution in [0.4, 0.5) is 0 Å². The number of hydrogen-bond donors (Lipinski definition) is 0. The van der Waals surface area contributed by atoms with E-state index in [1.807, 2.05) is 6.08 Å². The summed E-state index contributed by atoms with van der Waals surface area (Å²) in [4.78, 5) is 0. The van der Waals surface area contributed by atoms with Crippen molar-refractivity contribution in [3.63, 3.8) is 0 Å². The molecule has 0 heteroatoms. The fraction of sp³-hybridized carbons (Fsp3) is 0.625. The van der Waals surface area contributed by atoms with E-state index in [0.29, 0.717) is 11.8 Å². The molecule has 0 bridgehead atoms. The van der Waals surface area contributed by atoms with Crippen LogP contribution in [0, 0.1) is 18.8 Å². The second-order valence-electron chi connectivity index (χ2n) is 2.48. The molecule has 0 aliphatic heterocycles. The van der Waals surface area contributed by atoms with Crippen LogP contribution in [-0.4, -0.2) is 0 Å². The smallest absolute Gasteiger partial charge is 0.0325 e. The monoisotopic (exact) mass is 111 g/mol. The van der Waals surface area contributed by atoms with Crippen LogP contribution in [0.2, 0.25) is 0 Å². The molecule has 0 saturated heterocycles. The lowest BCUT2D eigenvalue weighted by Crippen LogP contribution is -2.01. The highest BCUT2D eigenvalue weighted by molar-refractivity contribution is 4.74. The maximum Gasteiger partial charge on any atom is -0.0325 e. The lowest BCUT2D eigenvalue weighted by molar-refractivity contribution is 0.463. The van der Waals surface area contributed by atoms with E-state index >= 15 is 0 Å². The minimum atomic E-state index is 0.549. The van der Waals surface area contributed by atoms with Gasteiger partial charge in [-0.3, -0.25) is 0 Å². The first-order valence-electron chi connectivity index (χ1n) is 3.12. The second-order valence-corrected chi connectivity index (χ2v) is 2.48. The van der Waals surface area contributed by atoms with Crippen LogP contribution in [-0.2, 0) is 0 Å². The average molecular weight is 111 g/mol. The molecule has 0 fully saturated rings. The molecule has 0 heterocycles. The zero-order valence-corrected chi connectivity index (χ0v) is 5.85. The molecule has 0 aromatic carbocycles. The van der Waals surface area contributed by atoms with Crippen LogP contribution < -0.4 is 0 Å². The minimum absolute atomic E-state index is 0.549. The zero-order valence-electron chi connectivity index (χ0n) is 5.85. The maximum absolute atomic E-state index is 3.91. The predicted molar refractivity (Wildman–Crippen MR) is 38.5 cm³/mol. The quantitative estimate of drug-likeness (QED) is 0.491. The molecule has 1 radical (unpaired) electrons. The molecule has 0 N–H and O–H groups in total. The van der Waals surface area contributed by atoms with Crippen molar-refractivity contribution in [2.45, 2.75) is 20.3 Å². The molecule has 0 spiro atoms. The lowest BCUT2D eigenvalue weighted by Gasteiger charge is -2.11. The van der Waals surface area contributed by atoms with E-state index in [1.54, 1.807) is 0 Å². The normalized spacial score (nSPS) is 14.0. The highest BCUT2D eigenvalue weighted by Gasteiger charge is 2.02. The van der Waals surface area contributed by atoms with Crippen molar-refractivity contribution in [3.05, 3.63) is 19.6 Å². The summed E-state index contributed by atoms with van der Waals surface area (Å²) in [5, 5.41) is 0. The van der Waals surface area contributed by atoms with Gasteiger partial charge in [-0.15, -0.1) is 6.58 Å². The Morgan fingerprint density at radius 2 is 2.00 bits per heavy atom. The van der Waals surface area contributed by atoms with Crippen molar-refractivity contribution in [3.8, 4) is 0 Å². The van der Waals surface area contributed by atoms with E-state index in [9.17, 15) is 0 Å². The highest BCUT2D eigenvalue weighted by Crippen LogP contribution is 2.12. The van der Waals surface area contributed by atoms with Crippen molar-refractivity contribution in [2.24, 2.45) is 11.8 Å². The molecular formula is C8H15. The fourth-order valence-electron chi connectivity index (χ4n) is 0.495. The Labute approximate surface area is 52.6 Å². The summed E-state index contributed by atoms with van der Waals surface area (Å²) in [6.07, 6.45) is 3.04. The van der Waals surface area contributed by atoms with E-state index in [0.717, 1.165) is 6.42 Å². The molecule has 47 valence electrons. The number of allylic oxidation sites excluding steroid dienone is 1. The van der Waals surface area contributed by atoms with Crippen LogP contribution in [0.25, 0.3) is 0 Å². The van der Waals surface area contributed by atoms with Gasteiger partial charge in [-0.2, -0.15) is 0 Å². The van der Waals surface area contributed by atoms with Gasteiger partial charge in [-0.05, 0) is 18.3 Å². The molecule has 2 atom stereocenters. The van der Waals surface area contributed by atoms with Crippen molar-refractivity contribution in [1.82, 2.24) is 0 Å². The van der Waals surface area contributed by atoms with Gasteiger partial charge in [0.1, 0.15) is 0 Å². The van der Waals surface area contributed by atoms with Crippen molar-refractivity contribution in [2.75, 3.05) is 0 Å². The lowest BCUT2D eigenvalue weighted by atomic mass is 9.95. The van der Waals surface area contributed by atoms with Gasteiger partial charge in [0, 0.05) is 0 Å². The summed E-state index contributed by atoms with van der Waals surface area (Å²) in [6.45, 7) is 11.9. The van der Waals surface area contributed by atoms with Gasteiger partial charge in [0.2, 0.25) is 0 Å². The Balaban J connectivity index is 3.30. The van der Waals surface area contributed by atoms with Crippen molar-refractivity contribution in [1.29, 1.82) is 0 Å². The summed E-state index contributed by atoms with van der Waals surface area (Å²) in [7, 11) is 0. The molecular weight excluding hydrogens is 96.1 g/mol. The van der Waals surface area contributed by atoms with Gasteiger partial charge in [-0.1, -0.05) is 26.8 Å². The average Bonchev–Trinajstić information content (AvgIpc) is 1.67. The Kier molecular flexibility index (Phi) is 3.59. The van der Waals surface area contributed by atoms with Gasteiger partial charge in [0.15, 0.2) is 0 Å². The van der Waals surface area contributed by atoms with E-state index in [1.165, 1.54) is 0 Å². The Morgan fingerprint density at radius 1 is 1.50 bits per heavy atom. The second kappa shape index (κ2) is 3.71. The predicted octanol–water partition coefficient (Wildman–Crippen LogP) is 2.67. The molecule has 0 rings (SSSR count). The molecule has 0 aliphatic rings. The van der Waals surface area contributed by atoms with Gasteiger partial charge in [-0.25, -0.2) is 0 Å². The van der Waals surface area contributed by atoms with E-state index in [4.69, 9.17) is 0 Å². The van der Waals surface area contributed by atoms with Crippen LogP contribution in [0.1, 0.15) is 20.3 Å². The molecule has 0 nitrogen and oxygen atoms in total. The SMILES string of the molecule is [CH2]C(C)C(C)CC=C. The summed E-state index contributed by atoms with van der Waals surface area (Å²) in [5.41, 5.74) is 0. The highest BCUT2D eigenvalue weighted by atomic mass is 14.1. The molecule has 0 aliphatic carbocycles. The first kappa shape index (κ1) is 7.74. The van der Waals surface area contributed by atoms with Crippen LogP contribution in [0.15, 0.2) is 12.7 Å². The standard InChI is InChI=1S/C8H15/c1-5-6-8(4)7(2)3/h5,7-8H,1-2,6H2,3-4H3. The molecule has 0 aromatic heterocycles. The number of rotatable bonds is 3. The fourth-order valence-corrected chi connectivity index (χ4v) is 0.495. The molecule has 2 unspecified atom stereocenters.